The number of ether oxygens (including phenoxy) is 1. The fourth-order valence-corrected chi connectivity index (χ4v) is 1.87. The van der Waals surface area contributed by atoms with Crippen LogP contribution in [0.1, 0.15) is 21.5 Å². The third-order valence-corrected chi connectivity index (χ3v) is 3.14. The average molecular weight is 270 g/mol. The van der Waals surface area contributed by atoms with E-state index in [-0.39, 0.29) is 5.91 Å². The van der Waals surface area contributed by atoms with Gasteiger partial charge in [0.15, 0.2) is 0 Å². The summed E-state index contributed by atoms with van der Waals surface area (Å²) in [6.45, 7) is 2.40. The molecule has 0 saturated carbocycles. The van der Waals surface area contributed by atoms with Gasteiger partial charge in [-0.2, -0.15) is 0 Å². The van der Waals surface area contributed by atoms with Crippen molar-refractivity contribution in [1.82, 2.24) is 0 Å². The van der Waals surface area contributed by atoms with Gasteiger partial charge in [-0.1, -0.05) is 12.1 Å². The molecule has 2 aromatic rings. The maximum atomic E-state index is 12.2. The predicted molar refractivity (Wildman–Crippen MR) is 80.0 cm³/mol. The molecule has 0 saturated heterocycles. The van der Waals surface area contributed by atoms with Crippen LogP contribution in [0.25, 0.3) is 0 Å². The molecule has 4 nitrogen and oxygen atoms in total. The van der Waals surface area contributed by atoms with Crippen LogP contribution in [0.5, 0.6) is 5.75 Å². The van der Waals surface area contributed by atoms with E-state index in [1.54, 1.807) is 31.4 Å². The van der Waals surface area contributed by atoms with Gasteiger partial charge in [0.2, 0.25) is 0 Å². The Labute approximate surface area is 118 Å². The van der Waals surface area contributed by atoms with Crippen LogP contribution in [0.2, 0.25) is 0 Å². The zero-order valence-corrected chi connectivity index (χ0v) is 11.6. The summed E-state index contributed by atoms with van der Waals surface area (Å²) in [4.78, 5) is 12.2. The Morgan fingerprint density at radius 2 is 1.90 bits per heavy atom. The number of rotatable bonds is 4. The van der Waals surface area contributed by atoms with Crippen molar-refractivity contribution in [2.45, 2.75) is 13.5 Å². The van der Waals surface area contributed by atoms with Gasteiger partial charge in [0.1, 0.15) is 5.75 Å². The van der Waals surface area contributed by atoms with E-state index < -0.39 is 0 Å². The molecule has 0 aliphatic rings. The molecule has 0 aliphatic heterocycles. The molecule has 0 aliphatic carbocycles. The highest BCUT2D eigenvalue weighted by Gasteiger charge is 2.08. The molecule has 20 heavy (non-hydrogen) atoms. The maximum absolute atomic E-state index is 12.2. The van der Waals surface area contributed by atoms with Crippen molar-refractivity contribution in [2.75, 3.05) is 12.4 Å². The van der Waals surface area contributed by atoms with Crippen LogP contribution >= 0.6 is 0 Å². The topological polar surface area (TPSA) is 64.3 Å². The van der Waals surface area contributed by atoms with E-state index >= 15 is 0 Å². The van der Waals surface area contributed by atoms with Crippen molar-refractivity contribution >= 4 is 11.6 Å². The summed E-state index contributed by atoms with van der Waals surface area (Å²) < 4.78 is 5.07. The SMILES string of the molecule is COc1ccc(C(=O)Nc2cc(CN)ccc2C)cc1. The predicted octanol–water partition coefficient (Wildman–Crippen LogP) is 2.71. The molecular formula is C16H18N2O2. The van der Waals surface area contributed by atoms with Crippen LogP contribution in [0.15, 0.2) is 42.5 Å². The van der Waals surface area contributed by atoms with Crippen LogP contribution in [0.3, 0.4) is 0 Å². The third kappa shape index (κ3) is 3.16. The van der Waals surface area contributed by atoms with Crippen molar-refractivity contribution < 1.29 is 9.53 Å². The van der Waals surface area contributed by atoms with Crippen molar-refractivity contribution in [2.24, 2.45) is 5.73 Å². The minimum atomic E-state index is -0.148. The van der Waals surface area contributed by atoms with Gasteiger partial charge < -0.3 is 15.8 Å². The number of nitrogens with one attached hydrogen (secondary N) is 1. The first kappa shape index (κ1) is 14.1. The number of benzene rings is 2. The molecule has 0 spiro atoms. The van der Waals surface area contributed by atoms with Gasteiger partial charge in [0, 0.05) is 17.8 Å². The standard InChI is InChI=1S/C16H18N2O2/c1-11-3-4-12(10-17)9-15(11)18-16(19)13-5-7-14(20-2)8-6-13/h3-9H,10,17H2,1-2H3,(H,18,19). The first-order chi connectivity index (χ1) is 9.63. The van der Waals surface area contributed by atoms with Crippen molar-refractivity contribution in [1.29, 1.82) is 0 Å². The molecule has 4 heteroatoms. The molecule has 0 aromatic heterocycles. The number of anilines is 1. The van der Waals surface area contributed by atoms with Gasteiger partial charge in [-0.15, -0.1) is 0 Å². The summed E-state index contributed by atoms with van der Waals surface area (Å²) in [6.07, 6.45) is 0. The Bertz CT molecular complexity index is 606. The van der Waals surface area contributed by atoms with E-state index in [4.69, 9.17) is 10.5 Å². The van der Waals surface area contributed by atoms with Crippen molar-refractivity contribution in [3.8, 4) is 5.75 Å². The molecule has 0 heterocycles. The fourth-order valence-electron chi connectivity index (χ4n) is 1.87. The normalized spacial score (nSPS) is 10.2. The Balaban J connectivity index is 2.18. The van der Waals surface area contributed by atoms with E-state index in [1.165, 1.54) is 0 Å². The minimum Gasteiger partial charge on any atom is -0.497 e. The van der Waals surface area contributed by atoms with E-state index in [0.29, 0.717) is 12.1 Å². The molecule has 0 bridgehead atoms. The minimum absolute atomic E-state index is 0.148. The molecule has 0 fully saturated rings. The van der Waals surface area contributed by atoms with Gasteiger partial charge in [0.05, 0.1) is 7.11 Å². The number of nitrogens with two attached hydrogens (primary N) is 1. The zero-order chi connectivity index (χ0) is 14.5. The summed E-state index contributed by atoms with van der Waals surface area (Å²) in [6, 6.07) is 12.8. The number of aryl methyl sites for hydroxylation is 1. The number of amides is 1. The second-order valence-electron chi connectivity index (χ2n) is 4.54. The van der Waals surface area contributed by atoms with Gasteiger partial charge in [-0.3, -0.25) is 4.79 Å². The van der Waals surface area contributed by atoms with Crippen molar-refractivity contribution in [3.05, 3.63) is 59.2 Å². The molecular weight excluding hydrogens is 252 g/mol. The number of hydrogen-bond donors (Lipinski definition) is 2. The van der Waals surface area contributed by atoms with Crippen LogP contribution in [0, 0.1) is 6.92 Å². The lowest BCUT2D eigenvalue weighted by molar-refractivity contribution is 0.102. The largest absolute Gasteiger partial charge is 0.497 e. The zero-order valence-electron chi connectivity index (χ0n) is 11.6. The lowest BCUT2D eigenvalue weighted by atomic mass is 10.1. The van der Waals surface area contributed by atoms with E-state index in [2.05, 4.69) is 5.32 Å². The van der Waals surface area contributed by atoms with E-state index in [0.717, 1.165) is 22.6 Å². The summed E-state index contributed by atoms with van der Waals surface area (Å²) in [5.74, 6) is 0.577. The van der Waals surface area contributed by atoms with Crippen LogP contribution < -0.4 is 15.8 Å². The molecule has 2 rings (SSSR count). The van der Waals surface area contributed by atoms with Crippen LogP contribution in [0.4, 0.5) is 5.69 Å². The Morgan fingerprint density at radius 3 is 2.50 bits per heavy atom. The van der Waals surface area contributed by atoms with Crippen LogP contribution in [-0.2, 0) is 6.54 Å². The fraction of sp³-hybridized carbons (Fsp3) is 0.188. The van der Waals surface area contributed by atoms with E-state index in [1.807, 2.05) is 25.1 Å². The third-order valence-electron chi connectivity index (χ3n) is 3.14. The highest BCUT2D eigenvalue weighted by molar-refractivity contribution is 6.04. The van der Waals surface area contributed by atoms with Gasteiger partial charge in [0.25, 0.3) is 5.91 Å². The molecule has 0 radical (unpaired) electrons. The number of carbonyl (C=O) groups excluding carboxylic acids is 1. The molecule has 1 amide bonds. The second kappa shape index (κ2) is 6.21. The van der Waals surface area contributed by atoms with Gasteiger partial charge >= 0.3 is 0 Å². The maximum Gasteiger partial charge on any atom is 0.255 e. The van der Waals surface area contributed by atoms with Gasteiger partial charge in [-0.25, -0.2) is 0 Å². The monoisotopic (exact) mass is 270 g/mol. The smallest absolute Gasteiger partial charge is 0.255 e. The molecule has 3 N–H and O–H groups in total. The first-order valence-electron chi connectivity index (χ1n) is 6.39. The van der Waals surface area contributed by atoms with E-state index in [9.17, 15) is 4.79 Å². The number of hydrogen-bond acceptors (Lipinski definition) is 3. The second-order valence-corrected chi connectivity index (χ2v) is 4.54. The first-order valence-corrected chi connectivity index (χ1v) is 6.39. The Kier molecular flexibility index (Phi) is 4.38. The average Bonchev–Trinajstić information content (AvgIpc) is 2.49. The summed E-state index contributed by atoms with van der Waals surface area (Å²) in [7, 11) is 1.59. The van der Waals surface area contributed by atoms with Crippen molar-refractivity contribution in [3.63, 3.8) is 0 Å². The highest BCUT2D eigenvalue weighted by Crippen LogP contribution is 2.18. The van der Waals surface area contributed by atoms with Gasteiger partial charge in [-0.05, 0) is 48.4 Å². The number of methoxy groups -OCH3 is 1. The Morgan fingerprint density at radius 1 is 1.20 bits per heavy atom. The quantitative estimate of drug-likeness (QED) is 0.897. The summed E-state index contributed by atoms with van der Waals surface area (Å²) >= 11 is 0. The Hall–Kier alpha value is -2.33. The molecule has 104 valence electrons. The van der Waals surface area contributed by atoms with Crippen LogP contribution in [-0.4, -0.2) is 13.0 Å². The highest BCUT2D eigenvalue weighted by atomic mass is 16.5. The lowest BCUT2D eigenvalue weighted by Gasteiger charge is -2.10. The molecule has 2 aromatic carbocycles. The summed E-state index contributed by atoms with van der Waals surface area (Å²) in [5.41, 5.74) is 8.98. The summed E-state index contributed by atoms with van der Waals surface area (Å²) in [5, 5.41) is 2.90. The number of carbonyl (C=O) groups is 1. The molecule has 0 unspecified atom stereocenters. The lowest BCUT2D eigenvalue weighted by Crippen LogP contribution is -2.13. The molecule has 0 atom stereocenters.